The highest BCUT2D eigenvalue weighted by Crippen LogP contribution is 2.73. The number of thiophene rings is 1. The number of rotatable bonds is 5. The highest BCUT2D eigenvalue weighted by atomic mass is 35.5. The van der Waals surface area contributed by atoms with Crippen LogP contribution in [0.4, 0.5) is 0 Å². The standard InChI is InChI=1S/C41H27ClN2S2/c42-28-12-11-17-31(26-28)46(29-13-3-1-4-14-29,30-15-5-2-6-16-30)32-22-23-38-36(27-32)33-18-7-9-20-37(33)44(38)41-40-35(24-25-43-41)34-19-8-10-21-39(34)45-40/h1-27H. The Morgan fingerprint density at radius 2 is 1.13 bits per heavy atom. The lowest BCUT2D eigenvalue weighted by atomic mass is 10.1. The number of pyridine rings is 1. The molecule has 0 bridgehead atoms. The number of aromatic nitrogens is 2. The van der Waals surface area contributed by atoms with Gasteiger partial charge in [-0.15, -0.1) is 21.4 Å². The summed E-state index contributed by atoms with van der Waals surface area (Å²) in [7, 11) is -1.91. The highest BCUT2D eigenvalue weighted by Gasteiger charge is 2.34. The largest absolute Gasteiger partial charge is 0.293 e. The van der Waals surface area contributed by atoms with Gasteiger partial charge < -0.3 is 0 Å². The molecule has 0 atom stereocenters. The minimum atomic E-state index is -1.91. The van der Waals surface area contributed by atoms with Crippen LogP contribution in [-0.2, 0) is 0 Å². The van der Waals surface area contributed by atoms with E-state index in [1.54, 1.807) is 0 Å². The first kappa shape index (κ1) is 27.4. The molecule has 0 unspecified atom stereocenters. The second-order valence-corrected chi connectivity index (χ2v) is 15.9. The highest BCUT2D eigenvalue weighted by molar-refractivity contribution is 8.34. The monoisotopic (exact) mass is 646 g/mol. The molecule has 0 amide bonds. The smallest absolute Gasteiger partial charge is 0.155 e. The molecular weight excluding hydrogens is 620 g/mol. The van der Waals surface area contributed by atoms with Crippen molar-refractivity contribution in [2.24, 2.45) is 0 Å². The maximum absolute atomic E-state index is 6.74. The predicted octanol–water partition coefficient (Wildman–Crippen LogP) is 12.5. The number of para-hydroxylation sites is 1. The molecular formula is C41H27ClN2S2. The fourth-order valence-corrected chi connectivity index (χ4v) is 12.2. The third-order valence-electron chi connectivity index (χ3n) is 8.83. The molecule has 0 saturated heterocycles. The van der Waals surface area contributed by atoms with Gasteiger partial charge in [0.25, 0.3) is 0 Å². The molecule has 5 heteroatoms. The fourth-order valence-electron chi connectivity index (χ4n) is 6.89. The van der Waals surface area contributed by atoms with Crippen LogP contribution in [0.2, 0.25) is 5.02 Å². The summed E-state index contributed by atoms with van der Waals surface area (Å²) in [5, 5.41) is 5.67. The van der Waals surface area contributed by atoms with E-state index >= 15 is 0 Å². The molecule has 0 aliphatic rings. The van der Waals surface area contributed by atoms with Crippen LogP contribution in [0.25, 0.3) is 47.8 Å². The minimum Gasteiger partial charge on any atom is -0.293 e. The van der Waals surface area contributed by atoms with Gasteiger partial charge in [-0.1, -0.05) is 90.5 Å². The van der Waals surface area contributed by atoms with E-state index in [4.69, 9.17) is 16.6 Å². The third-order valence-corrected chi connectivity index (χ3v) is 14.1. The zero-order valence-corrected chi connectivity index (χ0v) is 27.1. The van der Waals surface area contributed by atoms with Gasteiger partial charge in [0.05, 0.1) is 15.7 Å². The minimum absolute atomic E-state index is 0.737. The van der Waals surface area contributed by atoms with Gasteiger partial charge >= 0.3 is 0 Å². The van der Waals surface area contributed by atoms with Crippen LogP contribution in [-0.4, -0.2) is 9.55 Å². The van der Waals surface area contributed by atoms with E-state index in [0.29, 0.717) is 0 Å². The molecule has 6 aromatic carbocycles. The van der Waals surface area contributed by atoms with E-state index in [1.165, 1.54) is 50.5 Å². The molecule has 2 nitrogen and oxygen atoms in total. The molecule has 0 aliphatic carbocycles. The van der Waals surface area contributed by atoms with Gasteiger partial charge in [-0.05, 0) is 78.9 Å². The van der Waals surface area contributed by atoms with Crippen molar-refractivity contribution < 1.29 is 0 Å². The second-order valence-electron chi connectivity index (χ2n) is 11.3. The van der Waals surface area contributed by atoms with Crippen LogP contribution in [0.1, 0.15) is 0 Å². The summed E-state index contributed by atoms with van der Waals surface area (Å²) in [4.78, 5) is 10.0. The number of fused-ring (bicyclic) bond motifs is 6. The Balaban J connectivity index is 1.39. The molecule has 0 N–H and O–H groups in total. The normalized spacial score (nSPS) is 12.4. The lowest BCUT2D eigenvalue weighted by Crippen LogP contribution is -2.05. The first-order valence-corrected chi connectivity index (χ1v) is 18.1. The molecule has 3 heterocycles. The summed E-state index contributed by atoms with van der Waals surface area (Å²) in [6, 6.07) is 56.8. The molecule has 0 saturated carbocycles. The van der Waals surface area contributed by atoms with Gasteiger partial charge in [-0.3, -0.25) is 4.57 Å². The zero-order chi connectivity index (χ0) is 30.7. The van der Waals surface area contributed by atoms with Crippen molar-refractivity contribution in [3.05, 3.63) is 169 Å². The Morgan fingerprint density at radius 3 is 1.89 bits per heavy atom. The molecule has 9 aromatic rings. The van der Waals surface area contributed by atoms with E-state index < -0.39 is 10.0 Å². The van der Waals surface area contributed by atoms with E-state index in [-0.39, 0.29) is 0 Å². The lowest BCUT2D eigenvalue weighted by molar-refractivity contribution is 1.10. The molecule has 46 heavy (non-hydrogen) atoms. The van der Waals surface area contributed by atoms with Crippen LogP contribution < -0.4 is 0 Å². The Bertz CT molecular complexity index is 2510. The summed E-state index contributed by atoms with van der Waals surface area (Å²) in [5.74, 6) is 0.970. The first-order valence-electron chi connectivity index (χ1n) is 15.2. The molecule has 0 fully saturated rings. The van der Waals surface area contributed by atoms with Crippen molar-refractivity contribution in [1.82, 2.24) is 9.55 Å². The third kappa shape index (κ3) is 4.08. The van der Waals surface area contributed by atoms with Crippen LogP contribution in [0.3, 0.4) is 0 Å². The van der Waals surface area contributed by atoms with E-state index in [2.05, 4.69) is 156 Å². The summed E-state index contributed by atoms with van der Waals surface area (Å²) in [6.45, 7) is 0. The van der Waals surface area contributed by atoms with Crippen molar-refractivity contribution in [3.63, 3.8) is 0 Å². The van der Waals surface area contributed by atoms with Crippen LogP contribution in [0.15, 0.2) is 184 Å². The quantitative estimate of drug-likeness (QED) is 0.182. The molecule has 3 aromatic heterocycles. The van der Waals surface area contributed by atoms with Gasteiger partial charge in [0, 0.05) is 57.0 Å². The van der Waals surface area contributed by atoms with Crippen LogP contribution >= 0.6 is 33.0 Å². The van der Waals surface area contributed by atoms with Gasteiger partial charge in [-0.2, -0.15) is 0 Å². The Morgan fingerprint density at radius 1 is 0.500 bits per heavy atom. The average molecular weight is 647 g/mol. The van der Waals surface area contributed by atoms with E-state index in [0.717, 1.165) is 21.9 Å². The Hall–Kier alpha value is -4.87. The van der Waals surface area contributed by atoms with E-state index in [9.17, 15) is 0 Å². The van der Waals surface area contributed by atoms with Crippen LogP contribution in [0, 0.1) is 0 Å². The van der Waals surface area contributed by atoms with Crippen molar-refractivity contribution in [2.75, 3.05) is 0 Å². The maximum Gasteiger partial charge on any atom is 0.155 e. The summed E-state index contributed by atoms with van der Waals surface area (Å²) >= 11 is 8.55. The molecule has 220 valence electrons. The summed E-state index contributed by atoms with van der Waals surface area (Å²) < 4.78 is 4.83. The van der Waals surface area contributed by atoms with Gasteiger partial charge in [-0.25, -0.2) is 4.98 Å². The van der Waals surface area contributed by atoms with Gasteiger partial charge in [0.15, 0.2) is 5.82 Å². The number of nitrogens with zero attached hydrogens (tertiary/aromatic N) is 2. The van der Waals surface area contributed by atoms with Gasteiger partial charge in [0.1, 0.15) is 0 Å². The molecule has 0 aliphatic heterocycles. The zero-order valence-electron chi connectivity index (χ0n) is 24.7. The predicted molar refractivity (Wildman–Crippen MR) is 196 cm³/mol. The van der Waals surface area contributed by atoms with Gasteiger partial charge in [0.2, 0.25) is 0 Å². The van der Waals surface area contributed by atoms with E-state index in [1.807, 2.05) is 23.6 Å². The SMILES string of the molecule is Clc1cccc(S(c2ccccc2)(c2ccccc2)c2ccc3c(c2)c2ccccc2n3-c2nccc3c2sc2ccccc23)c1. The van der Waals surface area contributed by atoms with Crippen molar-refractivity contribution in [3.8, 4) is 5.82 Å². The van der Waals surface area contributed by atoms with Crippen molar-refractivity contribution in [2.45, 2.75) is 19.6 Å². The lowest BCUT2D eigenvalue weighted by Gasteiger charge is -2.42. The number of benzene rings is 6. The van der Waals surface area contributed by atoms with Crippen molar-refractivity contribution in [1.29, 1.82) is 0 Å². The molecule has 0 spiro atoms. The fraction of sp³-hybridized carbons (Fsp3) is 0. The Labute approximate surface area is 277 Å². The topological polar surface area (TPSA) is 17.8 Å². The molecule has 9 rings (SSSR count). The average Bonchev–Trinajstić information content (AvgIpc) is 3.66. The molecule has 0 radical (unpaired) electrons. The summed E-state index contributed by atoms with van der Waals surface area (Å²) in [5.41, 5.74) is 2.29. The first-order chi connectivity index (χ1) is 22.7. The van der Waals surface area contributed by atoms with Crippen molar-refractivity contribution >= 4 is 74.9 Å². The number of hydrogen-bond acceptors (Lipinski definition) is 2. The maximum atomic E-state index is 6.74. The number of hydrogen-bond donors (Lipinski definition) is 0. The Kier molecular flexibility index (Phi) is 6.49. The summed E-state index contributed by atoms with van der Waals surface area (Å²) in [6.07, 6.45) is 1.95. The second kappa shape index (κ2) is 10.9. The van der Waals surface area contributed by atoms with Crippen LogP contribution in [0.5, 0.6) is 0 Å². The number of halogens is 1.